The van der Waals surface area contributed by atoms with Crippen molar-refractivity contribution >= 4 is 91.9 Å². The number of rotatable bonds is 1. The summed E-state index contributed by atoms with van der Waals surface area (Å²) < 4.78 is 0. The Labute approximate surface area is 92.7 Å². The molecule has 0 aromatic heterocycles. The van der Waals surface area contributed by atoms with Crippen molar-refractivity contribution in [1.82, 2.24) is 0 Å². The third-order valence-electron chi connectivity index (χ3n) is 0.0333. The molecule has 0 fully saturated rings. The SMILES string of the molecule is SSSS.[Ba+2].[H-].[H-]. The Bertz CT molecular complexity index is 11.7. The fourth-order valence-electron chi connectivity index (χ4n) is 0. The largest absolute Gasteiger partial charge is 2.00 e. The number of thiol groups is 2. The second-order valence-electron chi connectivity index (χ2n) is 0.149. The van der Waals surface area contributed by atoms with E-state index in [1.54, 1.807) is 0 Å². The molecule has 30 valence electrons. The van der Waals surface area contributed by atoms with Gasteiger partial charge < -0.3 is 2.85 Å². The van der Waals surface area contributed by atoms with Crippen LogP contribution in [0.25, 0.3) is 0 Å². The first kappa shape index (κ1) is 10.9. The number of hydrogen-bond donors (Lipinski definition) is 2. The van der Waals surface area contributed by atoms with Gasteiger partial charge in [-0.1, -0.05) is 23.3 Å². The van der Waals surface area contributed by atoms with E-state index in [0.717, 1.165) is 0 Å². The van der Waals surface area contributed by atoms with Crippen molar-refractivity contribution in [2.75, 3.05) is 0 Å². The van der Waals surface area contributed by atoms with Crippen LogP contribution in [0.1, 0.15) is 2.85 Å². The Morgan fingerprint density at radius 3 is 1.40 bits per heavy atom. The Balaban J connectivity index is -0.0000000150. The summed E-state index contributed by atoms with van der Waals surface area (Å²) in [7, 11) is 2.66. The van der Waals surface area contributed by atoms with Crippen LogP contribution in [0, 0.1) is 0 Å². The van der Waals surface area contributed by atoms with Gasteiger partial charge in [-0.2, -0.15) is 0 Å². The van der Waals surface area contributed by atoms with Gasteiger partial charge in [0.25, 0.3) is 0 Å². The molecular weight excluding hydrogens is 266 g/mol. The maximum atomic E-state index is 3.72. The van der Waals surface area contributed by atoms with E-state index in [-0.39, 0.29) is 51.7 Å². The van der Waals surface area contributed by atoms with Gasteiger partial charge in [0, 0.05) is 0 Å². The molecular formula is H4BaS4. The van der Waals surface area contributed by atoms with Crippen molar-refractivity contribution in [3.8, 4) is 0 Å². The van der Waals surface area contributed by atoms with E-state index in [4.69, 9.17) is 0 Å². The minimum atomic E-state index is 0. The first-order chi connectivity index (χ1) is 1.91. The minimum Gasteiger partial charge on any atom is -1.00 e. The molecule has 0 atom stereocenters. The molecule has 0 aliphatic rings. The minimum absolute atomic E-state index is 0. The summed E-state index contributed by atoms with van der Waals surface area (Å²) in [5.41, 5.74) is 0. The molecule has 0 saturated carbocycles. The summed E-state index contributed by atoms with van der Waals surface area (Å²) in [5.74, 6) is 0. The second kappa shape index (κ2) is 10.1. The van der Waals surface area contributed by atoms with E-state index in [2.05, 4.69) is 23.3 Å². The van der Waals surface area contributed by atoms with Crippen LogP contribution in [0.3, 0.4) is 0 Å². The molecule has 0 radical (unpaired) electrons. The van der Waals surface area contributed by atoms with Crippen LogP contribution in [0.4, 0.5) is 0 Å². The molecule has 0 heterocycles. The van der Waals surface area contributed by atoms with Crippen molar-refractivity contribution in [3.05, 3.63) is 0 Å². The maximum Gasteiger partial charge on any atom is 2.00 e. The second-order valence-corrected chi connectivity index (χ2v) is 4.02. The van der Waals surface area contributed by atoms with Crippen LogP contribution in [0.2, 0.25) is 0 Å². The van der Waals surface area contributed by atoms with Crippen molar-refractivity contribution in [2.24, 2.45) is 0 Å². The van der Waals surface area contributed by atoms with Crippen molar-refractivity contribution in [1.29, 1.82) is 0 Å². The Kier molecular flexibility index (Phi) is 21.9. The summed E-state index contributed by atoms with van der Waals surface area (Å²) in [4.78, 5) is 0. The van der Waals surface area contributed by atoms with Gasteiger partial charge in [-0.3, -0.25) is 0 Å². The third-order valence-corrected chi connectivity index (χ3v) is 2.70. The molecule has 0 nitrogen and oxygen atoms in total. The normalized spacial score (nSPS) is 6.00. The molecule has 0 rings (SSSR count). The van der Waals surface area contributed by atoms with Gasteiger partial charge >= 0.3 is 48.9 Å². The van der Waals surface area contributed by atoms with Gasteiger partial charge in [0.15, 0.2) is 0 Å². The first-order valence-corrected chi connectivity index (χ1v) is 4.79. The monoisotopic (exact) mass is 270 g/mol. The summed E-state index contributed by atoms with van der Waals surface area (Å²) >= 11 is 7.45. The Morgan fingerprint density at radius 1 is 1.20 bits per heavy atom. The average molecular weight is 270 g/mol. The van der Waals surface area contributed by atoms with E-state index in [1.165, 1.54) is 19.7 Å². The van der Waals surface area contributed by atoms with Crippen LogP contribution < -0.4 is 0 Å². The molecule has 5 heavy (non-hydrogen) atoms. The fourth-order valence-corrected chi connectivity index (χ4v) is 0. The van der Waals surface area contributed by atoms with Gasteiger partial charge in [0.2, 0.25) is 0 Å². The van der Waals surface area contributed by atoms with E-state index >= 15 is 0 Å². The first-order valence-electron chi connectivity index (χ1n) is 0.532. The molecule has 0 unspecified atom stereocenters. The molecule has 0 saturated heterocycles. The molecule has 0 amide bonds. The van der Waals surface area contributed by atoms with E-state index in [0.29, 0.717) is 0 Å². The predicted molar refractivity (Wildman–Crippen MR) is 41.1 cm³/mol. The van der Waals surface area contributed by atoms with Gasteiger partial charge in [0.05, 0.1) is 0 Å². The number of hydrogen-bond acceptors (Lipinski definition) is 4. The molecule has 0 spiro atoms. The standard InChI is InChI=1S/Ba.H2S4.2H/c;1-3-4-2;;/h;1-2H;;/q+2;;2*-1. The van der Waals surface area contributed by atoms with Gasteiger partial charge in [-0.15, -0.1) is 0 Å². The van der Waals surface area contributed by atoms with Crippen molar-refractivity contribution < 1.29 is 2.85 Å². The third kappa shape index (κ3) is 10.9. The molecule has 0 aromatic rings. The molecule has 0 bridgehead atoms. The molecule has 0 aromatic carbocycles. The predicted octanol–water partition coefficient (Wildman–Crippen LogP) is 1.90. The van der Waals surface area contributed by atoms with Crippen molar-refractivity contribution in [3.63, 3.8) is 0 Å². The van der Waals surface area contributed by atoms with E-state index < -0.39 is 0 Å². The summed E-state index contributed by atoms with van der Waals surface area (Å²) in [5, 5.41) is 0. The summed E-state index contributed by atoms with van der Waals surface area (Å²) in [6.07, 6.45) is 0. The summed E-state index contributed by atoms with van der Waals surface area (Å²) in [6, 6.07) is 0. The topological polar surface area (TPSA) is 0 Å². The zero-order chi connectivity index (χ0) is 3.41. The zero-order valence-electron chi connectivity index (χ0n) is 4.42. The molecule has 0 aliphatic carbocycles. The van der Waals surface area contributed by atoms with Crippen LogP contribution in [0.5, 0.6) is 0 Å². The molecule has 5 heteroatoms. The van der Waals surface area contributed by atoms with Gasteiger partial charge in [0.1, 0.15) is 0 Å². The van der Waals surface area contributed by atoms with Crippen LogP contribution >= 0.6 is 43.0 Å². The fraction of sp³-hybridized carbons (Fsp3) is 0. The average Bonchev–Trinajstić information content (AvgIpc) is 1.37. The molecule has 0 N–H and O–H groups in total. The maximum absolute atomic E-state index is 3.72. The smallest absolute Gasteiger partial charge is 1.00 e. The van der Waals surface area contributed by atoms with Gasteiger partial charge in [-0.25, -0.2) is 0 Å². The van der Waals surface area contributed by atoms with Crippen molar-refractivity contribution in [2.45, 2.75) is 0 Å². The zero-order valence-corrected chi connectivity index (χ0v) is 10.3. The van der Waals surface area contributed by atoms with Crippen LogP contribution in [-0.2, 0) is 0 Å². The Hall–Kier alpha value is 2.97. The molecule has 0 aliphatic heterocycles. The summed E-state index contributed by atoms with van der Waals surface area (Å²) in [6.45, 7) is 0. The Morgan fingerprint density at radius 2 is 1.40 bits per heavy atom. The van der Waals surface area contributed by atoms with E-state index in [1.807, 2.05) is 0 Å². The quantitative estimate of drug-likeness (QED) is 0.424. The van der Waals surface area contributed by atoms with Crippen LogP contribution in [-0.4, -0.2) is 48.9 Å². The van der Waals surface area contributed by atoms with Crippen LogP contribution in [0.15, 0.2) is 0 Å². The van der Waals surface area contributed by atoms with E-state index in [9.17, 15) is 0 Å². The van der Waals surface area contributed by atoms with Gasteiger partial charge in [-0.05, 0) is 19.7 Å².